The highest BCUT2D eigenvalue weighted by Gasteiger charge is 2.34. The second kappa shape index (κ2) is 6.86. The van der Waals surface area contributed by atoms with Gasteiger partial charge in [-0.15, -0.1) is 0 Å². The lowest BCUT2D eigenvalue weighted by atomic mass is 10.2. The van der Waals surface area contributed by atoms with Crippen LogP contribution >= 0.6 is 0 Å². The quantitative estimate of drug-likeness (QED) is 0.621. The van der Waals surface area contributed by atoms with Crippen LogP contribution in [-0.4, -0.2) is 15.0 Å². The molecule has 0 atom stereocenters. The summed E-state index contributed by atoms with van der Waals surface area (Å²) in [5.74, 6) is -0.553. The maximum absolute atomic E-state index is 13.1. The minimum atomic E-state index is -4.76. The highest BCUT2D eigenvalue weighted by atomic mass is 19.4. The third-order valence-electron chi connectivity index (χ3n) is 3.40. The van der Waals surface area contributed by atoms with E-state index < -0.39 is 23.6 Å². The van der Waals surface area contributed by atoms with Crippen LogP contribution in [0.5, 0.6) is 0 Å². The molecule has 0 saturated heterocycles. The van der Waals surface area contributed by atoms with Crippen LogP contribution in [0.3, 0.4) is 0 Å². The Bertz CT molecular complexity index is 938. The van der Waals surface area contributed by atoms with Gasteiger partial charge in [-0.25, -0.2) is 9.97 Å². The maximum atomic E-state index is 13.1. The van der Waals surface area contributed by atoms with Gasteiger partial charge in [-0.2, -0.15) is 26.3 Å². The fourth-order valence-corrected chi connectivity index (χ4v) is 2.20. The molecule has 27 heavy (non-hydrogen) atoms. The van der Waals surface area contributed by atoms with Crippen molar-refractivity contribution in [2.45, 2.75) is 12.4 Å². The van der Waals surface area contributed by atoms with Gasteiger partial charge in [0, 0.05) is 29.7 Å². The average Bonchev–Trinajstić information content (AvgIpc) is 2.61. The first-order valence-corrected chi connectivity index (χ1v) is 7.44. The molecule has 140 valence electrons. The number of nitrogens with one attached hydrogen (secondary N) is 1. The Morgan fingerprint density at radius 2 is 1.59 bits per heavy atom. The zero-order chi connectivity index (χ0) is 19.7. The van der Waals surface area contributed by atoms with E-state index in [9.17, 15) is 26.3 Å². The third kappa shape index (κ3) is 4.52. The molecule has 4 nitrogen and oxygen atoms in total. The van der Waals surface area contributed by atoms with Crippen molar-refractivity contribution < 1.29 is 26.3 Å². The monoisotopic (exact) mass is 384 g/mol. The van der Waals surface area contributed by atoms with Crippen molar-refractivity contribution in [3.05, 3.63) is 66.1 Å². The predicted molar refractivity (Wildman–Crippen MR) is 85.0 cm³/mol. The van der Waals surface area contributed by atoms with Gasteiger partial charge in [0.2, 0.25) is 0 Å². The molecular weight excluding hydrogens is 374 g/mol. The second-order valence-electron chi connectivity index (χ2n) is 5.41. The molecule has 0 aliphatic heterocycles. The van der Waals surface area contributed by atoms with Gasteiger partial charge >= 0.3 is 12.4 Å². The summed E-state index contributed by atoms with van der Waals surface area (Å²) in [6.45, 7) is 0. The van der Waals surface area contributed by atoms with Crippen LogP contribution in [0.4, 0.5) is 37.8 Å². The van der Waals surface area contributed by atoms with Crippen LogP contribution in [-0.2, 0) is 12.4 Å². The highest BCUT2D eigenvalue weighted by molar-refractivity contribution is 5.62. The summed E-state index contributed by atoms with van der Waals surface area (Å²) in [5, 5.41) is 2.47. The molecule has 1 aromatic carbocycles. The molecule has 0 aliphatic rings. The van der Waals surface area contributed by atoms with Crippen molar-refractivity contribution >= 4 is 11.5 Å². The number of hydrogen-bond donors (Lipinski definition) is 1. The van der Waals surface area contributed by atoms with Gasteiger partial charge < -0.3 is 5.32 Å². The summed E-state index contributed by atoms with van der Waals surface area (Å²) in [6.07, 6.45) is -6.63. The largest absolute Gasteiger partial charge is 0.433 e. The average molecular weight is 384 g/mol. The molecule has 2 aromatic heterocycles. The fourth-order valence-electron chi connectivity index (χ4n) is 2.20. The van der Waals surface area contributed by atoms with Crippen LogP contribution in [0.25, 0.3) is 11.4 Å². The normalized spacial score (nSPS) is 12.1. The summed E-state index contributed by atoms with van der Waals surface area (Å²) in [5.41, 5.74) is -2.00. The first-order valence-electron chi connectivity index (χ1n) is 7.44. The van der Waals surface area contributed by atoms with E-state index >= 15 is 0 Å². The topological polar surface area (TPSA) is 50.7 Å². The van der Waals surface area contributed by atoms with E-state index in [1.54, 1.807) is 0 Å². The molecule has 0 amide bonds. The summed E-state index contributed by atoms with van der Waals surface area (Å²) in [7, 11) is 0. The van der Waals surface area contributed by atoms with E-state index in [0.29, 0.717) is 6.07 Å². The lowest BCUT2D eigenvalue weighted by Crippen LogP contribution is -2.11. The van der Waals surface area contributed by atoms with Gasteiger partial charge in [0.25, 0.3) is 0 Å². The van der Waals surface area contributed by atoms with Crippen molar-refractivity contribution in [1.29, 1.82) is 0 Å². The molecule has 0 bridgehead atoms. The molecule has 0 unspecified atom stereocenters. The zero-order valence-electron chi connectivity index (χ0n) is 13.3. The highest BCUT2D eigenvalue weighted by Crippen LogP contribution is 2.33. The first-order chi connectivity index (χ1) is 12.6. The van der Waals surface area contributed by atoms with Gasteiger partial charge in [-0.3, -0.25) is 4.98 Å². The maximum Gasteiger partial charge on any atom is 0.433 e. The number of halogens is 6. The van der Waals surface area contributed by atoms with Crippen LogP contribution in [0.2, 0.25) is 0 Å². The number of pyridine rings is 1. The van der Waals surface area contributed by atoms with Gasteiger partial charge in [-0.05, 0) is 30.3 Å². The predicted octanol–water partition coefficient (Wildman–Crippen LogP) is 5.32. The molecule has 0 aliphatic carbocycles. The van der Waals surface area contributed by atoms with Crippen molar-refractivity contribution in [1.82, 2.24) is 15.0 Å². The molecule has 10 heteroatoms. The Morgan fingerprint density at radius 1 is 0.815 bits per heavy atom. The Kier molecular flexibility index (Phi) is 4.73. The Labute approximate surface area is 148 Å². The number of rotatable bonds is 3. The van der Waals surface area contributed by atoms with Crippen LogP contribution in [0, 0.1) is 0 Å². The number of benzene rings is 1. The van der Waals surface area contributed by atoms with Gasteiger partial charge in [0.1, 0.15) is 5.82 Å². The number of hydrogen-bond acceptors (Lipinski definition) is 4. The molecular formula is C17H10F6N4. The van der Waals surface area contributed by atoms with Gasteiger partial charge in [-0.1, -0.05) is 6.07 Å². The van der Waals surface area contributed by atoms with Crippen LogP contribution in [0.15, 0.2) is 54.9 Å². The number of nitrogens with zero attached hydrogens (tertiary/aromatic N) is 3. The summed E-state index contributed by atoms with van der Waals surface area (Å²) in [6, 6.07) is 7.65. The van der Waals surface area contributed by atoms with Crippen molar-refractivity contribution in [2.24, 2.45) is 0 Å². The van der Waals surface area contributed by atoms with Gasteiger partial charge in [0.15, 0.2) is 11.5 Å². The van der Waals surface area contributed by atoms with Crippen molar-refractivity contribution in [3.63, 3.8) is 0 Å². The van der Waals surface area contributed by atoms with Crippen molar-refractivity contribution in [2.75, 3.05) is 5.32 Å². The molecule has 0 fully saturated rings. The summed E-state index contributed by atoms with van der Waals surface area (Å²) >= 11 is 0. The molecule has 2 heterocycles. The molecule has 3 aromatic rings. The van der Waals surface area contributed by atoms with E-state index in [-0.39, 0.29) is 22.9 Å². The van der Waals surface area contributed by atoms with Crippen LogP contribution in [0.1, 0.15) is 11.3 Å². The first kappa shape index (κ1) is 18.6. The summed E-state index contributed by atoms with van der Waals surface area (Å²) < 4.78 is 77.8. The molecule has 0 saturated carbocycles. The molecule has 0 radical (unpaired) electrons. The molecule has 0 spiro atoms. The zero-order valence-corrected chi connectivity index (χ0v) is 13.3. The van der Waals surface area contributed by atoms with E-state index in [1.807, 2.05) is 0 Å². The minimum absolute atomic E-state index is 0.0613. The molecule has 3 rings (SSSR count). The smallest absolute Gasteiger partial charge is 0.340 e. The SMILES string of the molecule is FC(F)(F)c1cccc(Nc2cc(C(F)(F)F)nc(-c3cccnc3)n2)c1. The lowest BCUT2D eigenvalue weighted by molar-refractivity contribution is -0.141. The minimum Gasteiger partial charge on any atom is -0.340 e. The molecule has 1 N–H and O–H groups in total. The third-order valence-corrected chi connectivity index (χ3v) is 3.40. The Morgan fingerprint density at radius 3 is 2.22 bits per heavy atom. The van der Waals surface area contributed by atoms with E-state index in [1.165, 1.54) is 30.6 Å². The van der Waals surface area contributed by atoms with E-state index in [0.717, 1.165) is 18.2 Å². The number of alkyl halides is 6. The van der Waals surface area contributed by atoms with Gasteiger partial charge in [0.05, 0.1) is 5.56 Å². The van der Waals surface area contributed by atoms with Crippen molar-refractivity contribution in [3.8, 4) is 11.4 Å². The second-order valence-corrected chi connectivity index (χ2v) is 5.41. The summed E-state index contributed by atoms with van der Waals surface area (Å²) in [4.78, 5) is 11.2. The number of anilines is 2. The Balaban J connectivity index is 2.03. The number of aromatic nitrogens is 3. The standard InChI is InChI=1S/C17H10F6N4/c18-16(19,20)11-4-1-5-12(7-11)25-14-8-13(17(21,22)23)26-15(27-14)10-3-2-6-24-9-10/h1-9H,(H,25,26,27). The Hall–Kier alpha value is -3.17. The lowest BCUT2D eigenvalue weighted by Gasteiger charge is -2.13. The van der Waals surface area contributed by atoms with E-state index in [4.69, 9.17) is 0 Å². The fraction of sp³-hybridized carbons (Fsp3) is 0.118. The van der Waals surface area contributed by atoms with Crippen LogP contribution < -0.4 is 5.32 Å². The van der Waals surface area contributed by atoms with E-state index in [2.05, 4.69) is 20.3 Å².